The second kappa shape index (κ2) is 12.5. The topological polar surface area (TPSA) is 98.0 Å². The molecule has 1 aliphatic heterocycles. The van der Waals surface area contributed by atoms with Crippen molar-refractivity contribution in [2.75, 3.05) is 20.3 Å². The average molecular weight is 538 g/mol. The smallest absolute Gasteiger partial charge is 0.248 e. The number of primary amides is 1. The zero-order valence-corrected chi connectivity index (χ0v) is 20.3. The van der Waals surface area contributed by atoms with Gasteiger partial charge in [0.05, 0.1) is 6.10 Å². The number of halogens is 1. The number of rotatable bonds is 8. The van der Waals surface area contributed by atoms with Crippen LogP contribution in [0.1, 0.15) is 39.9 Å². The van der Waals surface area contributed by atoms with Crippen LogP contribution in [-0.2, 0) is 17.8 Å². The molecule has 31 heavy (non-hydrogen) atoms. The van der Waals surface area contributed by atoms with Crippen LogP contribution in [0.2, 0.25) is 0 Å². The zero-order chi connectivity index (χ0) is 21.3. The molecule has 1 aliphatic rings. The van der Waals surface area contributed by atoms with Gasteiger partial charge in [-0.3, -0.25) is 9.79 Å². The number of nitrogens with two attached hydrogens (primary N) is 1. The molecule has 4 N–H and O–H groups in total. The summed E-state index contributed by atoms with van der Waals surface area (Å²) < 4.78 is 11.7. The van der Waals surface area contributed by atoms with E-state index in [1.165, 1.54) is 0 Å². The lowest BCUT2D eigenvalue weighted by Crippen LogP contribution is -2.36. The number of aryl methyl sites for hydroxylation is 1. The first-order valence-electron chi connectivity index (χ1n) is 10.2. The van der Waals surface area contributed by atoms with Gasteiger partial charge in [0.15, 0.2) is 5.96 Å². The van der Waals surface area contributed by atoms with Gasteiger partial charge in [0, 0.05) is 37.9 Å². The lowest BCUT2D eigenvalue weighted by atomic mass is 10.1. The summed E-state index contributed by atoms with van der Waals surface area (Å²) >= 11 is 0. The Kier molecular flexibility index (Phi) is 10.1. The molecule has 3 rings (SSSR count). The Hall–Kier alpha value is -2.33. The SMILES string of the molecule is CN=C(NCc1ccc(C(N)=O)cc1)NCc1ccc(C)cc1OCC1CCCO1.I. The molecular weight excluding hydrogens is 507 g/mol. The third-order valence-electron chi connectivity index (χ3n) is 5.04. The van der Waals surface area contributed by atoms with E-state index in [1.54, 1.807) is 19.2 Å². The highest BCUT2D eigenvalue weighted by Crippen LogP contribution is 2.22. The summed E-state index contributed by atoms with van der Waals surface area (Å²) in [6.45, 7) is 4.62. The van der Waals surface area contributed by atoms with Crippen molar-refractivity contribution in [3.8, 4) is 5.75 Å². The summed E-state index contributed by atoms with van der Waals surface area (Å²) in [5, 5.41) is 6.60. The maximum Gasteiger partial charge on any atom is 0.248 e. The molecule has 0 bridgehead atoms. The van der Waals surface area contributed by atoms with E-state index in [2.05, 4.69) is 40.7 Å². The summed E-state index contributed by atoms with van der Waals surface area (Å²) in [6, 6.07) is 13.4. The van der Waals surface area contributed by atoms with Gasteiger partial charge in [-0.2, -0.15) is 0 Å². The molecule has 1 fully saturated rings. The number of benzene rings is 2. The van der Waals surface area contributed by atoms with Crippen LogP contribution in [0.4, 0.5) is 0 Å². The molecular formula is C23H31IN4O3. The standard InChI is InChI=1S/C23H30N4O3.HI/c1-16-5-8-19(21(12-16)30-15-20-4-3-11-29-20)14-27-23(25-2)26-13-17-6-9-18(10-7-17)22(24)28;/h5-10,12,20H,3-4,11,13-15H2,1-2H3,(H2,24,28)(H2,25,26,27);1H. The van der Waals surface area contributed by atoms with Crippen molar-refractivity contribution in [3.05, 3.63) is 64.7 Å². The first-order chi connectivity index (χ1) is 14.5. The number of nitrogens with one attached hydrogen (secondary N) is 2. The van der Waals surface area contributed by atoms with Gasteiger partial charge >= 0.3 is 0 Å². The van der Waals surface area contributed by atoms with E-state index in [1.807, 2.05) is 12.1 Å². The lowest BCUT2D eigenvalue weighted by Gasteiger charge is -2.17. The Morgan fingerprint density at radius 3 is 2.58 bits per heavy atom. The van der Waals surface area contributed by atoms with Crippen LogP contribution in [0.15, 0.2) is 47.5 Å². The Bertz CT molecular complexity index is 881. The first-order valence-corrected chi connectivity index (χ1v) is 10.2. The number of hydrogen-bond acceptors (Lipinski definition) is 4. The molecule has 1 heterocycles. The molecule has 8 heteroatoms. The second-order valence-electron chi connectivity index (χ2n) is 7.40. The first kappa shape index (κ1) is 24.9. The van der Waals surface area contributed by atoms with Gasteiger partial charge in [0.25, 0.3) is 0 Å². The van der Waals surface area contributed by atoms with Crippen LogP contribution in [-0.4, -0.2) is 38.2 Å². The lowest BCUT2D eigenvalue weighted by molar-refractivity contribution is 0.0676. The maximum absolute atomic E-state index is 11.2. The molecule has 168 valence electrons. The van der Waals surface area contributed by atoms with Crippen molar-refractivity contribution in [1.82, 2.24) is 10.6 Å². The molecule has 7 nitrogen and oxygen atoms in total. The van der Waals surface area contributed by atoms with Gasteiger partial charge in [-0.05, 0) is 49.1 Å². The third kappa shape index (κ3) is 7.70. The van der Waals surface area contributed by atoms with E-state index < -0.39 is 5.91 Å². The minimum Gasteiger partial charge on any atom is -0.491 e. The van der Waals surface area contributed by atoms with E-state index in [0.717, 1.165) is 41.9 Å². The summed E-state index contributed by atoms with van der Waals surface area (Å²) in [7, 11) is 1.73. The Morgan fingerprint density at radius 2 is 1.94 bits per heavy atom. The van der Waals surface area contributed by atoms with Crippen LogP contribution >= 0.6 is 24.0 Å². The number of carbonyl (C=O) groups excluding carboxylic acids is 1. The highest BCUT2D eigenvalue weighted by molar-refractivity contribution is 14.0. The second-order valence-corrected chi connectivity index (χ2v) is 7.40. The molecule has 1 amide bonds. The minimum atomic E-state index is -0.428. The summed E-state index contributed by atoms with van der Waals surface area (Å²) in [5.41, 5.74) is 9.02. The zero-order valence-electron chi connectivity index (χ0n) is 18.0. The third-order valence-corrected chi connectivity index (χ3v) is 5.04. The van der Waals surface area contributed by atoms with Crippen LogP contribution < -0.4 is 21.1 Å². The highest BCUT2D eigenvalue weighted by atomic mass is 127. The molecule has 1 saturated heterocycles. The molecule has 0 saturated carbocycles. The number of carbonyl (C=O) groups is 1. The maximum atomic E-state index is 11.2. The molecule has 0 radical (unpaired) electrons. The Balaban J connectivity index is 0.00000341. The summed E-state index contributed by atoms with van der Waals surface area (Å²) in [5.74, 6) is 1.12. The summed E-state index contributed by atoms with van der Waals surface area (Å²) in [4.78, 5) is 15.5. The predicted octanol–water partition coefficient (Wildman–Crippen LogP) is 3.13. The number of amides is 1. The van der Waals surface area contributed by atoms with Crippen LogP contribution in [0.25, 0.3) is 0 Å². The predicted molar refractivity (Wildman–Crippen MR) is 133 cm³/mol. The van der Waals surface area contributed by atoms with Crippen LogP contribution in [0.3, 0.4) is 0 Å². The molecule has 1 atom stereocenters. The fraction of sp³-hybridized carbons (Fsp3) is 0.391. The van der Waals surface area contributed by atoms with Gasteiger partial charge in [-0.1, -0.05) is 24.3 Å². The number of aliphatic imine (C=N–C) groups is 1. The van der Waals surface area contributed by atoms with Crippen molar-refractivity contribution in [2.24, 2.45) is 10.7 Å². The number of guanidine groups is 1. The molecule has 2 aromatic rings. The molecule has 0 spiro atoms. The molecule has 1 unspecified atom stereocenters. The average Bonchev–Trinajstić information content (AvgIpc) is 3.27. The fourth-order valence-electron chi connectivity index (χ4n) is 3.27. The van der Waals surface area contributed by atoms with E-state index in [-0.39, 0.29) is 30.1 Å². The van der Waals surface area contributed by atoms with Gasteiger partial charge < -0.3 is 25.8 Å². The van der Waals surface area contributed by atoms with Crippen LogP contribution in [0.5, 0.6) is 5.75 Å². The normalized spacial score (nSPS) is 15.8. The van der Waals surface area contributed by atoms with E-state index >= 15 is 0 Å². The fourth-order valence-corrected chi connectivity index (χ4v) is 3.27. The van der Waals surface area contributed by atoms with E-state index in [9.17, 15) is 4.79 Å². The number of nitrogens with zero attached hydrogens (tertiary/aromatic N) is 1. The van der Waals surface area contributed by atoms with Crippen LogP contribution in [0, 0.1) is 6.92 Å². The molecule has 0 aliphatic carbocycles. The summed E-state index contributed by atoms with van der Waals surface area (Å²) in [6.07, 6.45) is 2.33. The number of hydrogen-bond donors (Lipinski definition) is 3. The van der Waals surface area contributed by atoms with Crippen molar-refractivity contribution in [1.29, 1.82) is 0 Å². The van der Waals surface area contributed by atoms with Gasteiger partial charge in [0.2, 0.25) is 5.91 Å². The monoisotopic (exact) mass is 538 g/mol. The van der Waals surface area contributed by atoms with Gasteiger partial charge in [-0.15, -0.1) is 24.0 Å². The number of ether oxygens (including phenoxy) is 2. The van der Waals surface area contributed by atoms with E-state index in [4.69, 9.17) is 15.2 Å². The van der Waals surface area contributed by atoms with Crippen molar-refractivity contribution >= 4 is 35.8 Å². The van der Waals surface area contributed by atoms with Gasteiger partial charge in [-0.25, -0.2) is 0 Å². The minimum absolute atomic E-state index is 0. The van der Waals surface area contributed by atoms with Crippen molar-refractivity contribution < 1.29 is 14.3 Å². The Labute approximate surface area is 200 Å². The van der Waals surface area contributed by atoms with E-state index in [0.29, 0.717) is 31.2 Å². The molecule has 2 aromatic carbocycles. The van der Waals surface area contributed by atoms with Crippen molar-refractivity contribution in [2.45, 2.75) is 39.0 Å². The molecule has 0 aromatic heterocycles. The highest BCUT2D eigenvalue weighted by Gasteiger charge is 2.17. The quantitative estimate of drug-likeness (QED) is 0.273. The largest absolute Gasteiger partial charge is 0.491 e. The Morgan fingerprint density at radius 1 is 1.19 bits per heavy atom. The van der Waals surface area contributed by atoms with Crippen molar-refractivity contribution in [3.63, 3.8) is 0 Å². The van der Waals surface area contributed by atoms with Gasteiger partial charge in [0.1, 0.15) is 12.4 Å².